The van der Waals surface area contributed by atoms with Crippen molar-refractivity contribution < 1.29 is 4.79 Å². The van der Waals surface area contributed by atoms with Crippen molar-refractivity contribution in [2.45, 2.75) is 33.4 Å². The summed E-state index contributed by atoms with van der Waals surface area (Å²) in [4.78, 5) is 11.5. The van der Waals surface area contributed by atoms with Crippen LogP contribution in [0.1, 0.15) is 20.8 Å². The van der Waals surface area contributed by atoms with Gasteiger partial charge in [0.1, 0.15) is 0 Å². The average Bonchev–Trinajstić information content (AvgIpc) is 2.77. The smallest absolute Gasteiger partial charge is 0.234 e. The summed E-state index contributed by atoms with van der Waals surface area (Å²) >= 11 is 0. The van der Waals surface area contributed by atoms with Gasteiger partial charge in [-0.15, -0.1) is 0 Å². The van der Waals surface area contributed by atoms with E-state index >= 15 is 0 Å². The first kappa shape index (κ1) is 13.7. The number of nitrogens with zero attached hydrogens (tertiary/aromatic N) is 2. The standard InChI is InChI=1S/C12H22N4O/c1-10(2)11(3)15-12(17)9-13-6-8-16-7-4-5-14-16/h4-5,7,10-11,13H,6,8-9H2,1-3H3,(H,15,17). The van der Waals surface area contributed by atoms with Crippen molar-refractivity contribution in [1.82, 2.24) is 20.4 Å². The number of rotatable bonds is 7. The minimum absolute atomic E-state index is 0.0478. The molecule has 0 aromatic carbocycles. The van der Waals surface area contributed by atoms with E-state index in [0.29, 0.717) is 12.5 Å². The van der Waals surface area contributed by atoms with Crippen molar-refractivity contribution in [1.29, 1.82) is 0 Å². The molecule has 1 atom stereocenters. The predicted octanol–water partition coefficient (Wildman–Crippen LogP) is 0.633. The number of hydrogen-bond acceptors (Lipinski definition) is 3. The Morgan fingerprint density at radius 3 is 2.76 bits per heavy atom. The Labute approximate surface area is 103 Å². The van der Waals surface area contributed by atoms with E-state index < -0.39 is 0 Å². The lowest BCUT2D eigenvalue weighted by atomic mass is 10.1. The quantitative estimate of drug-likeness (QED) is 0.685. The minimum Gasteiger partial charge on any atom is -0.352 e. The molecule has 1 aromatic heterocycles. The van der Waals surface area contributed by atoms with E-state index in [2.05, 4.69) is 29.6 Å². The normalized spacial score (nSPS) is 12.7. The van der Waals surface area contributed by atoms with Gasteiger partial charge in [0.05, 0.1) is 13.1 Å². The molecule has 0 fully saturated rings. The van der Waals surface area contributed by atoms with E-state index in [9.17, 15) is 4.79 Å². The van der Waals surface area contributed by atoms with Gasteiger partial charge in [0.25, 0.3) is 0 Å². The van der Waals surface area contributed by atoms with Crippen LogP contribution in [0.2, 0.25) is 0 Å². The molecule has 17 heavy (non-hydrogen) atoms. The Kier molecular flexibility index (Phi) is 5.69. The lowest BCUT2D eigenvalue weighted by Crippen LogP contribution is -2.41. The molecular weight excluding hydrogens is 216 g/mol. The minimum atomic E-state index is 0.0478. The molecule has 0 spiro atoms. The Morgan fingerprint density at radius 1 is 1.41 bits per heavy atom. The second kappa shape index (κ2) is 7.06. The van der Waals surface area contributed by atoms with Gasteiger partial charge in [-0.25, -0.2) is 0 Å². The van der Waals surface area contributed by atoms with Crippen molar-refractivity contribution in [3.63, 3.8) is 0 Å². The predicted molar refractivity (Wildman–Crippen MR) is 67.5 cm³/mol. The van der Waals surface area contributed by atoms with Crippen molar-refractivity contribution >= 4 is 5.91 Å². The average molecular weight is 238 g/mol. The fraction of sp³-hybridized carbons (Fsp3) is 0.667. The maximum atomic E-state index is 11.5. The van der Waals surface area contributed by atoms with E-state index in [1.807, 2.05) is 23.9 Å². The second-order valence-corrected chi connectivity index (χ2v) is 4.55. The van der Waals surface area contributed by atoms with Crippen LogP contribution in [0.4, 0.5) is 0 Å². The lowest BCUT2D eigenvalue weighted by molar-refractivity contribution is -0.121. The third-order valence-electron chi connectivity index (χ3n) is 2.75. The van der Waals surface area contributed by atoms with E-state index in [-0.39, 0.29) is 11.9 Å². The number of amides is 1. The van der Waals surface area contributed by atoms with Crippen LogP contribution in [-0.2, 0) is 11.3 Å². The first-order valence-electron chi connectivity index (χ1n) is 6.07. The summed E-state index contributed by atoms with van der Waals surface area (Å²) < 4.78 is 1.83. The molecule has 1 unspecified atom stereocenters. The summed E-state index contributed by atoms with van der Waals surface area (Å²) in [6.45, 7) is 8.09. The topological polar surface area (TPSA) is 59.0 Å². The molecular formula is C12H22N4O. The third kappa shape index (κ3) is 5.49. The highest BCUT2D eigenvalue weighted by Gasteiger charge is 2.09. The van der Waals surface area contributed by atoms with Gasteiger partial charge in [0.2, 0.25) is 5.91 Å². The molecule has 0 bridgehead atoms. The highest BCUT2D eigenvalue weighted by Crippen LogP contribution is 1.98. The monoisotopic (exact) mass is 238 g/mol. The largest absolute Gasteiger partial charge is 0.352 e. The molecule has 5 nitrogen and oxygen atoms in total. The highest BCUT2D eigenvalue weighted by molar-refractivity contribution is 5.78. The van der Waals surface area contributed by atoms with Crippen LogP contribution in [-0.4, -0.2) is 34.8 Å². The fourth-order valence-electron chi connectivity index (χ4n) is 1.30. The van der Waals surface area contributed by atoms with Gasteiger partial charge in [-0.05, 0) is 18.9 Å². The number of carbonyl (C=O) groups excluding carboxylic acids is 1. The van der Waals surface area contributed by atoms with Crippen molar-refractivity contribution in [2.24, 2.45) is 5.92 Å². The van der Waals surface area contributed by atoms with Crippen molar-refractivity contribution in [3.05, 3.63) is 18.5 Å². The van der Waals surface area contributed by atoms with Crippen molar-refractivity contribution in [3.8, 4) is 0 Å². The Balaban J connectivity index is 2.08. The Hall–Kier alpha value is -1.36. The van der Waals surface area contributed by atoms with Crippen LogP contribution >= 0.6 is 0 Å². The molecule has 2 N–H and O–H groups in total. The SMILES string of the molecule is CC(C)C(C)NC(=O)CNCCn1cccn1. The first-order valence-corrected chi connectivity index (χ1v) is 6.07. The molecule has 0 aliphatic carbocycles. The van der Waals surface area contributed by atoms with E-state index in [4.69, 9.17) is 0 Å². The molecule has 0 radical (unpaired) electrons. The van der Waals surface area contributed by atoms with Crippen LogP contribution < -0.4 is 10.6 Å². The molecule has 1 heterocycles. The van der Waals surface area contributed by atoms with Gasteiger partial charge >= 0.3 is 0 Å². The number of nitrogens with one attached hydrogen (secondary N) is 2. The maximum Gasteiger partial charge on any atom is 0.234 e. The number of hydrogen-bond donors (Lipinski definition) is 2. The van der Waals surface area contributed by atoms with Gasteiger partial charge in [0.15, 0.2) is 0 Å². The maximum absolute atomic E-state index is 11.5. The second-order valence-electron chi connectivity index (χ2n) is 4.55. The van der Waals surface area contributed by atoms with Gasteiger partial charge in [-0.1, -0.05) is 13.8 Å². The summed E-state index contributed by atoms with van der Waals surface area (Å²) in [7, 11) is 0. The number of carbonyl (C=O) groups is 1. The summed E-state index contributed by atoms with van der Waals surface area (Å²) in [5.74, 6) is 0.509. The Bertz CT molecular complexity index is 321. The van der Waals surface area contributed by atoms with Crippen LogP contribution in [0.5, 0.6) is 0 Å². The fourth-order valence-corrected chi connectivity index (χ4v) is 1.30. The molecule has 1 amide bonds. The van der Waals surface area contributed by atoms with Crippen LogP contribution in [0.3, 0.4) is 0 Å². The summed E-state index contributed by atoms with van der Waals surface area (Å²) in [5, 5.41) is 10.1. The zero-order chi connectivity index (χ0) is 12.7. The molecule has 0 saturated carbocycles. The molecule has 1 rings (SSSR count). The van der Waals surface area contributed by atoms with E-state index in [0.717, 1.165) is 13.1 Å². The van der Waals surface area contributed by atoms with Crippen LogP contribution in [0.25, 0.3) is 0 Å². The van der Waals surface area contributed by atoms with Gasteiger partial charge in [-0.3, -0.25) is 9.48 Å². The summed E-state index contributed by atoms with van der Waals surface area (Å²) in [6, 6.07) is 2.10. The summed E-state index contributed by atoms with van der Waals surface area (Å²) in [6.07, 6.45) is 3.65. The molecule has 0 aliphatic rings. The zero-order valence-electron chi connectivity index (χ0n) is 10.8. The van der Waals surface area contributed by atoms with E-state index in [1.165, 1.54) is 0 Å². The molecule has 5 heteroatoms. The zero-order valence-corrected chi connectivity index (χ0v) is 10.8. The highest BCUT2D eigenvalue weighted by atomic mass is 16.1. The first-order chi connectivity index (χ1) is 8.09. The van der Waals surface area contributed by atoms with Gasteiger partial charge < -0.3 is 10.6 Å². The molecule has 0 saturated heterocycles. The van der Waals surface area contributed by atoms with E-state index in [1.54, 1.807) is 6.20 Å². The molecule has 96 valence electrons. The molecule has 1 aromatic rings. The third-order valence-corrected chi connectivity index (χ3v) is 2.75. The van der Waals surface area contributed by atoms with Gasteiger partial charge in [-0.2, -0.15) is 5.10 Å². The summed E-state index contributed by atoms with van der Waals surface area (Å²) in [5.41, 5.74) is 0. The number of aromatic nitrogens is 2. The molecule has 0 aliphatic heterocycles. The Morgan fingerprint density at radius 2 is 2.18 bits per heavy atom. The van der Waals surface area contributed by atoms with Crippen molar-refractivity contribution in [2.75, 3.05) is 13.1 Å². The van der Waals surface area contributed by atoms with Gasteiger partial charge in [0, 0.05) is 25.0 Å². The lowest BCUT2D eigenvalue weighted by Gasteiger charge is -2.17. The van der Waals surface area contributed by atoms with Crippen LogP contribution in [0.15, 0.2) is 18.5 Å². The van der Waals surface area contributed by atoms with Crippen LogP contribution in [0, 0.1) is 5.92 Å².